The van der Waals surface area contributed by atoms with Gasteiger partial charge in [-0.25, -0.2) is 17.9 Å². The first kappa shape index (κ1) is 14.9. The third-order valence-corrected chi connectivity index (χ3v) is 3.37. The number of amides is 1. The van der Waals surface area contributed by atoms with Gasteiger partial charge in [0.15, 0.2) is 0 Å². The molecular weight excluding hydrogens is 283 g/mol. The van der Waals surface area contributed by atoms with Crippen LogP contribution in [0.1, 0.15) is 24.2 Å². The summed E-state index contributed by atoms with van der Waals surface area (Å²) in [5, 5.41) is 6.99. The molecule has 0 unspecified atom stereocenters. The zero-order valence-corrected chi connectivity index (χ0v) is 11.3. The van der Waals surface area contributed by atoms with Crippen LogP contribution in [0.3, 0.4) is 0 Å². The lowest BCUT2D eigenvalue weighted by Crippen LogP contribution is -2.31. The highest BCUT2D eigenvalue weighted by Gasteiger charge is 2.20. The van der Waals surface area contributed by atoms with Crippen LogP contribution in [-0.4, -0.2) is 20.4 Å². The number of hydrogen-bond acceptors (Lipinski definition) is 3. The Balaban J connectivity index is 3.34. The number of rotatable bonds is 3. The van der Waals surface area contributed by atoms with Gasteiger partial charge >= 0.3 is 0 Å². The Bertz CT molecular complexity index is 587. The number of carbonyl (C=O) groups is 1. The molecule has 1 aromatic carbocycles. The molecule has 0 saturated carbocycles. The molecule has 5 nitrogen and oxygen atoms in total. The van der Waals surface area contributed by atoms with Gasteiger partial charge in [0.05, 0.1) is 10.6 Å². The van der Waals surface area contributed by atoms with E-state index in [4.69, 9.17) is 16.7 Å². The maximum absolute atomic E-state index is 13.5. The van der Waals surface area contributed by atoms with Crippen LogP contribution in [0, 0.1) is 5.82 Å². The molecule has 1 amide bonds. The fraction of sp³-hybridized carbons (Fsp3) is 0.300. The van der Waals surface area contributed by atoms with E-state index in [2.05, 4.69) is 5.32 Å². The van der Waals surface area contributed by atoms with Crippen molar-refractivity contribution in [3.8, 4) is 0 Å². The van der Waals surface area contributed by atoms with Gasteiger partial charge in [-0.15, -0.1) is 0 Å². The summed E-state index contributed by atoms with van der Waals surface area (Å²) >= 11 is 5.57. The molecule has 8 heteroatoms. The van der Waals surface area contributed by atoms with Crippen molar-refractivity contribution in [3.05, 3.63) is 28.5 Å². The van der Waals surface area contributed by atoms with Gasteiger partial charge in [0.1, 0.15) is 10.7 Å². The predicted octanol–water partition coefficient (Wildman–Crippen LogP) is 1.26. The van der Waals surface area contributed by atoms with Gasteiger partial charge < -0.3 is 5.32 Å². The molecule has 1 rings (SSSR count). The molecular formula is C10H12ClFN2O3S. The number of halogens is 2. The van der Waals surface area contributed by atoms with Crippen molar-refractivity contribution in [1.29, 1.82) is 0 Å². The molecule has 1 aromatic rings. The summed E-state index contributed by atoms with van der Waals surface area (Å²) in [4.78, 5) is 11.1. The normalized spacial score (nSPS) is 11.7. The number of hydrogen-bond donors (Lipinski definition) is 2. The topological polar surface area (TPSA) is 89.3 Å². The Morgan fingerprint density at radius 2 is 2.00 bits per heavy atom. The second-order valence-corrected chi connectivity index (χ2v) is 5.87. The van der Waals surface area contributed by atoms with Crippen molar-refractivity contribution in [2.24, 2.45) is 5.14 Å². The van der Waals surface area contributed by atoms with E-state index in [0.717, 1.165) is 12.1 Å². The highest BCUT2D eigenvalue weighted by atomic mass is 35.5. The van der Waals surface area contributed by atoms with E-state index in [1.54, 1.807) is 13.8 Å². The standard InChI is InChI=1S/C10H12ClFN2O3S/c1-5(2)14-10(15)6-3-9(18(13,16)17)7(11)4-8(6)12/h3-5H,1-2H3,(H,14,15)(H2,13,16,17). The van der Waals surface area contributed by atoms with Gasteiger partial charge in [0.25, 0.3) is 5.91 Å². The molecule has 0 aliphatic heterocycles. The van der Waals surface area contributed by atoms with Crippen LogP contribution in [0.15, 0.2) is 17.0 Å². The Hall–Kier alpha value is -1.18. The monoisotopic (exact) mass is 294 g/mol. The summed E-state index contributed by atoms with van der Waals surface area (Å²) in [6.07, 6.45) is 0. The van der Waals surface area contributed by atoms with Gasteiger partial charge in [-0.2, -0.15) is 0 Å². The summed E-state index contributed by atoms with van der Waals surface area (Å²) in [7, 11) is -4.11. The van der Waals surface area contributed by atoms with E-state index >= 15 is 0 Å². The molecule has 3 N–H and O–H groups in total. The first-order chi connectivity index (χ1) is 8.12. The van der Waals surface area contributed by atoms with Crippen molar-refractivity contribution in [3.63, 3.8) is 0 Å². The molecule has 0 saturated heterocycles. The lowest BCUT2D eigenvalue weighted by atomic mass is 10.2. The molecule has 100 valence electrons. The van der Waals surface area contributed by atoms with Gasteiger partial charge in [-0.3, -0.25) is 4.79 Å². The van der Waals surface area contributed by atoms with E-state index in [9.17, 15) is 17.6 Å². The Labute approximate surface area is 109 Å². The van der Waals surface area contributed by atoms with Gasteiger partial charge in [0.2, 0.25) is 10.0 Å². The van der Waals surface area contributed by atoms with Crippen LogP contribution in [0.5, 0.6) is 0 Å². The molecule has 0 spiro atoms. The largest absolute Gasteiger partial charge is 0.350 e. The fourth-order valence-corrected chi connectivity index (χ4v) is 2.35. The first-order valence-electron chi connectivity index (χ1n) is 4.95. The third kappa shape index (κ3) is 3.41. The molecule has 0 bridgehead atoms. The third-order valence-electron chi connectivity index (χ3n) is 1.99. The first-order valence-corrected chi connectivity index (χ1v) is 6.88. The number of sulfonamides is 1. The molecule has 0 aliphatic rings. The SMILES string of the molecule is CC(C)NC(=O)c1cc(S(N)(=O)=O)c(Cl)cc1F. The maximum Gasteiger partial charge on any atom is 0.254 e. The summed E-state index contributed by atoms with van der Waals surface area (Å²) in [5.41, 5.74) is -0.419. The van der Waals surface area contributed by atoms with Crippen molar-refractivity contribution >= 4 is 27.5 Å². The van der Waals surface area contributed by atoms with Gasteiger partial charge in [-0.1, -0.05) is 11.6 Å². The van der Waals surface area contributed by atoms with Crippen LogP contribution >= 0.6 is 11.6 Å². The summed E-state index contributed by atoms with van der Waals surface area (Å²) in [5.74, 6) is -1.64. The highest BCUT2D eigenvalue weighted by molar-refractivity contribution is 7.89. The minimum Gasteiger partial charge on any atom is -0.350 e. The van der Waals surface area contributed by atoms with Gasteiger partial charge in [-0.05, 0) is 26.0 Å². The minimum absolute atomic E-state index is 0.217. The number of primary sulfonamides is 1. The van der Waals surface area contributed by atoms with E-state index in [1.807, 2.05) is 0 Å². The summed E-state index contributed by atoms with van der Waals surface area (Å²) < 4.78 is 35.9. The average Bonchev–Trinajstić information content (AvgIpc) is 2.13. The number of nitrogens with one attached hydrogen (secondary N) is 1. The Morgan fingerprint density at radius 1 is 1.44 bits per heavy atom. The van der Waals surface area contributed by atoms with Crippen molar-refractivity contribution in [2.45, 2.75) is 24.8 Å². The predicted molar refractivity (Wildman–Crippen MR) is 65.4 cm³/mol. The second-order valence-electron chi connectivity index (χ2n) is 3.94. The number of nitrogens with two attached hydrogens (primary N) is 1. The molecule has 0 aromatic heterocycles. The zero-order chi connectivity index (χ0) is 14.1. The highest BCUT2D eigenvalue weighted by Crippen LogP contribution is 2.24. The molecule has 0 atom stereocenters. The maximum atomic E-state index is 13.5. The zero-order valence-electron chi connectivity index (χ0n) is 9.70. The molecule has 0 radical (unpaired) electrons. The minimum atomic E-state index is -4.11. The second kappa shape index (κ2) is 5.21. The van der Waals surface area contributed by atoms with E-state index < -0.39 is 32.2 Å². The van der Waals surface area contributed by atoms with E-state index in [1.165, 1.54) is 0 Å². The van der Waals surface area contributed by atoms with Crippen LogP contribution in [-0.2, 0) is 10.0 Å². The van der Waals surface area contributed by atoms with Crippen LogP contribution in [0.25, 0.3) is 0 Å². The Morgan fingerprint density at radius 3 is 2.44 bits per heavy atom. The Kier molecular flexibility index (Phi) is 4.31. The number of carbonyl (C=O) groups excluding carboxylic acids is 1. The molecule has 18 heavy (non-hydrogen) atoms. The van der Waals surface area contributed by atoms with Crippen molar-refractivity contribution in [2.75, 3.05) is 0 Å². The van der Waals surface area contributed by atoms with Gasteiger partial charge in [0, 0.05) is 6.04 Å². The van der Waals surface area contributed by atoms with Crippen LogP contribution in [0.2, 0.25) is 5.02 Å². The quantitative estimate of drug-likeness (QED) is 0.879. The smallest absolute Gasteiger partial charge is 0.254 e. The molecule has 0 fully saturated rings. The summed E-state index contributed by atoms with van der Waals surface area (Å²) in [6, 6.07) is 1.35. The van der Waals surface area contributed by atoms with E-state index in [0.29, 0.717) is 0 Å². The average molecular weight is 295 g/mol. The van der Waals surface area contributed by atoms with Crippen LogP contribution < -0.4 is 10.5 Å². The molecule has 0 heterocycles. The number of benzene rings is 1. The van der Waals surface area contributed by atoms with Crippen molar-refractivity contribution in [1.82, 2.24) is 5.32 Å². The lowest BCUT2D eigenvalue weighted by molar-refractivity contribution is 0.0939. The van der Waals surface area contributed by atoms with Crippen LogP contribution in [0.4, 0.5) is 4.39 Å². The summed E-state index contributed by atoms with van der Waals surface area (Å²) in [6.45, 7) is 3.37. The lowest BCUT2D eigenvalue weighted by Gasteiger charge is -2.10. The van der Waals surface area contributed by atoms with Crippen molar-refractivity contribution < 1.29 is 17.6 Å². The fourth-order valence-electron chi connectivity index (χ4n) is 1.26. The van der Waals surface area contributed by atoms with E-state index in [-0.39, 0.29) is 11.1 Å². The molecule has 0 aliphatic carbocycles.